The van der Waals surface area contributed by atoms with Crippen molar-refractivity contribution in [2.75, 3.05) is 75.0 Å². The zero-order chi connectivity index (χ0) is 30.2. The number of ether oxygens (including phenoxy) is 1. The number of cyclic esters (lactones) is 1. The number of nitrogens with one attached hydrogen (secondary N) is 2. The minimum Gasteiger partial charge on any atom is -0.442 e. The van der Waals surface area contributed by atoms with E-state index in [-0.39, 0.29) is 17.9 Å². The molecular weight excluding hydrogens is 559 g/mol. The second-order valence-electron chi connectivity index (χ2n) is 10.9. The number of aryl methyl sites for hydroxylation is 1. The maximum absolute atomic E-state index is 15.1. The minimum atomic E-state index is -0.510. The number of benzene rings is 2. The molecule has 0 radical (unpaired) electrons. The van der Waals surface area contributed by atoms with Crippen LogP contribution < -0.4 is 20.4 Å². The second kappa shape index (κ2) is 14.4. The first kappa shape index (κ1) is 31.2. The van der Waals surface area contributed by atoms with Gasteiger partial charge in [0.2, 0.25) is 11.8 Å². The van der Waals surface area contributed by atoms with Crippen molar-refractivity contribution in [2.24, 2.45) is 0 Å². The zero-order valence-corrected chi connectivity index (χ0v) is 25.2. The maximum Gasteiger partial charge on any atom is 0.414 e. The summed E-state index contributed by atoms with van der Waals surface area (Å²) in [6.45, 7) is 4.90. The smallest absolute Gasteiger partial charge is 0.414 e. The van der Waals surface area contributed by atoms with E-state index in [1.165, 1.54) is 11.0 Å². The van der Waals surface area contributed by atoms with Crippen molar-refractivity contribution in [2.45, 2.75) is 32.3 Å². The van der Waals surface area contributed by atoms with Crippen LogP contribution in [0.2, 0.25) is 0 Å². The number of hydrogen-bond acceptors (Lipinski definition) is 7. The third-order valence-corrected chi connectivity index (χ3v) is 7.37. The van der Waals surface area contributed by atoms with Crippen LogP contribution in [0.15, 0.2) is 42.5 Å². The topological polar surface area (TPSA) is 97.5 Å². The maximum atomic E-state index is 15.1. The monoisotopic (exact) mass is 598 g/mol. The first-order valence-corrected chi connectivity index (χ1v) is 14.6. The molecule has 0 bridgehead atoms. The summed E-state index contributed by atoms with van der Waals surface area (Å²) < 4.78 is 20.5. The van der Waals surface area contributed by atoms with Crippen LogP contribution in [-0.2, 0) is 20.7 Å². The fraction of sp³-hybridized carbons (Fsp3) is 0.467. The molecule has 2 aliphatic heterocycles. The van der Waals surface area contributed by atoms with Gasteiger partial charge in [0.15, 0.2) is 0 Å². The highest BCUT2D eigenvalue weighted by molar-refractivity contribution is 7.80. The van der Waals surface area contributed by atoms with Crippen molar-refractivity contribution in [1.82, 2.24) is 15.1 Å². The van der Waals surface area contributed by atoms with Crippen molar-refractivity contribution >= 4 is 52.2 Å². The van der Waals surface area contributed by atoms with Gasteiger partial charge in [0.1, 0.15) is 11.9 Å². The highest BCUT2D eigenvalue weighted by atomic mass is 32.1. The Morgan fingerprint density at radius 2 is 1.81 bits per heavy atom. The lowest BCUT2D eigenvalue weighted by Gasteiger charge is -2.36. The lowest BCUT2D eigenvalue weighted by Crippen LogP contribution is -2.49. The van der Waals surface area contributed by atoms with Gasteiger partial charge in [0.05, 0.1) is 36.0 Å². The molecule has 2 heterocycles. The molecule has 2 saturated heterocycles. The summed E-state index contributed by atoms with van der Waals surface area (Å²) in [5.74, 6) is -0.384. The summed E-state index contributed by atoms with van der Waals surface area (Å²) in [5, 5.41) is 5.86. The summed E-state index contributed by atoms with van der Waals surface area (Å²) >= 11 is 5.00. The van der Waals surface area contributed by atoms with Gasteiger partial charge in [-0.3, -0.25) is 14.5 Å². The number of nitrogens with zero attached hydrogens (tertiary/aromatic N) is 4. The van der Waals surface area contributed by atoms with Gasteiger partial charge in [-0.15, -0.1) is 0 Å². The van der Waals surface area contributed by atoms with Gasteiger partial charge < -0.3 is 30.1 Å². The Kier molecular flexibility index (Phi) is 10.7. The zero-order valence-electron chi connectivity index (χ0n) is 24.4. The van der Waals surface area contributed by atoms with Crippen LogP contribution in [0.1, 0.15) is 25.3 Å². The first-order chi connectivity index (χ1) is 20.1. The number of hydrogen-bond donors (Lipinski definition) is 2. The van der Waals surface area contributed by atoms with Crippen LogP contribution >= 0.6 is 12.2 Å². The first-order valence-electron chi connectivity index (χ1n) is 14.2. The lowest BCUT2D eigenvalue weighted by molar-refractivity contribution is -0.131. The predicted molar refractivity (Wildman–Crippen MR) is 166 cm³/mol. The molecule has 10 nitrogen and oxygen atoms in total. The van der Waals surface area contributed by atoms with Gasteiger partial charge in [-0.1, -0.05) is 24.4 Å². The Bertz CT molecular complexity index is 1280. The molecule has 4 rings (SSSR count). The number of rotatable bonds is 11. The van der Waals surface area contributed by atoms with Crippen LogP contribution in [0.4, 0.5) is 26.2 Å². The van der Waals surface area contributed by atoms with E-state index in [1.54, 1.807) is 19.1 Å². The largest absolute Gasteiger partial charge is 0.442 e. The Morgan fingerprint density at radius 3 is 2.45 bits per heavy atom. The fourth-order valence-corrected chi connectivity index (χ4v) is 5.14. The fourth-order valence-electron chi connectivity index (χ4n) is 5.06. The van der Waals surface area contributed by atoms with Gasteiger partial charge in [-0.25, -0.2) is 9.18 Å². The van der Waals surface area contributed by atoms with Crippen molar-refractivity contribution in [3.8, 4) is 0 Å². The molecule has 3 amide bonds. The van der Waals surface area contributed by atoms with Crippen LogP contribution in [0.5, 0.6) is 0 Å². The van der Waals surface area contributed by atoms with Crippen molar-refractivity contribution in [3.05, 3.63) is 53.8 Å². The molecule has 12 heteroatoms. The van der Waals surface area contributed by atoms with E-state index in [9.17, 15) is 14.4 Å². The van der Waals surface area contributed by atoms with E-state index in [2.05, 4.69) is 10.6 Å². The molecule has 0 unspecified atom stereocenters. The van der Waals surface area contributed by atoms with Crippen LogP contribution in [0.3, 0.4) is 0 Å². The van der Waals surface area contributed by atoms with Gasteiger partial charge in [-0.2, -0.15) is 0 Å². The molecule has 2 aromatic carbocycles. The van der Waals surface area contributed by atoms with E-state index in [0.717, 1.165) is 24.1 Å². The van der Waals surface area contributed by atoms with Gasteiger partial charge in [0.25, 0.3) is 0 Å². The third kappa shape index (κ3) is 8.62. The second-order valence-corrected chi connectivity index (χ2v) is 11.5. The quantitative estimate of drug-likeness (QED) is 0.381. The number of likely N-dealkylation sites (N-methyl/N-ethyl adjacent to an activating group) is 1. The lowest BCUT2D eigenvalue weighted by atomic mass is 10.1. The Labute approximate surface area is 251 Å². The molecule has 2 N–H and O–H groups in total. The molecule has 0 spiro atoms. The van der Waals surface area contributed by atoms with E-state index in [0.29, 0.717) is 68.6 Å². The average Bonchev–Trinajstić information content (AvgIpc) is 3.32. The third-order valence-electron chi connectivity index (χ3n) is 7.22. The molecule has 226 valence electrons. The Morgan fingerprint density at radius 1 is 1.10 bits per heavy atom. The van der Waals surface area contributed by atoms with Gasteiger partial charge >= 0.3 is 6.09 Å². The van der Waals surface area contributed by atoms with E-state index < -0.39 is 11.9 Å². The summed E-state index contributed by atoms with van der Waals surface area (Å²) in [6.07, 6.45) is 1.06. The van der Waals surface area contributed by atoms with E-state index in [1.807, 2.05) is 53.1 Å². The summed E-state index contributed by atoms with van der Waals surface area (Å²) in [4.78, 5) is 44.7. The summed E-state index contributed by atoms with van der Waals surface area (Å²) in [5.41, 5.74) is 2.76. The molecule has 0 aromatic heterocycles. The minimum absolute atomic E-state index is 0.0630. The van der Waals surface area contributed by atoms with Crippen LogP contribution in [-0.4, -0.2) is 98.7 Å². The molecule has 0 aliphatic carbocycles. The number of thiocarbonyl (C=S) groups is 1. The van der Waals surface area contributed by atoms with Gasteiger partial charge in [0, 0.05) is 38.3 Å². The number of carbonyl (C=O) groups is 3. The van der Waals surface area contributed by atoms with E-state index >= 15 is 4.39 Å². The van der Waals surface area contributed by atoms with Gasteiger partial charge in [-0.05, 0) is 69.8 Å². The molecule has 1 atom stereocenters. The number of piperazine rings is 1. The molecule has 2 aliphatic rings. The molecule has 42 heavy (non-hydrogen) atoms. The number of carbonyl (C=O) groups excluding carboxylic acids is 3. The van der Waals surface area contributed by atoms with Crippen LogP contribution in [0.25, 0.3) is 0 Å². The summed E-state index contributed by atoms with van der Waals surface area (Å²) in [6, 6.07) is 12.5. The normalized spacial score (nSPS) is 16.9. The van der Waals surface area contributed by atoms with E-state index in [4.69, 9.17) is 17.0 Å². The highest BCUT2D eigenvalue weighted by Crippen LogP contribution is 2.28. The van der Waals surface area contributed by atoms with Crippen LogP contribution in [0, 0.1) is 5.82 Å². The van der Waals surface area contributed by atoms with Crippen molar-refractivity contribution in [3.63, 3.8) is 0 Å². The molecule has 0 saturated carbocycles. The Hall–Kier alpha value is -3.77. The predicted octanol–water partition coefficient (Wildman–Crippen LogP) is 3.26. The highest BCUT2D eigenvalue weighted by Gasteiger charge is 2.33. The molecule has 2 aromatic rings. The number of amides is 3. The number of halogens is 1. The summed E-state index contributed by atoms with van der Waals surface area (Å²) in [7, 11) is 3.69. The standard InChI is InChI=1S/C30H39FN6O4S/c1-21(42)32-18-25-19-37(30(40)41-25)24-11-12-27(26(31)17-24)35-13-15-36(16-14-35)29(39)6-4-5-22-7-9-23(10-8-22)33-28(38)20-34(2)3/h7-12,17,25H,4-6,13-16,18-20H2,1-3H3,(H,32,42)(H,33,38)/t25-/m1/s1. The Balaban J connectivity index is 1.20. The van der Waals surface area contributed by atoms with Crippen molar-refractivity contribution in [1.29, 1.82) is 0 Å². The number of anilines is 3. The average molecular weight is 599 g/mol. The van der Waals surface area contributed by atoms with Crippen molar-refractivity contribution < 1.29 is 23.5 Å². The SMILES string of the molecule is CC(=S)NC[C@@H]1CN(c2ccc(N3CCN(C(=O)CCCc4ccc(NC(=O)CN(C)C)cc4)CC3)c(F)c2)C(=O)O1. The molecule has 2 fully saturated rings. The molecular formula is C30H39FN6O4S.